The van der Waals surface area contributed by atoms with Gasteiger partial charge in [0.05, 0.1) is 26.5 Å². The predicted octanol–water partition coefficient (Wildman–Crippen LogP) is 4.32. The van der Waals surface area contributed by atoms with Crippen LogP contribution in [0, 0.1) is 13.8 Å². The fourth-order valence-corrected chi connectivity index (χ4v) is 3.06. The number of hydrazone groups is 1. The van der Waals surface area contributed by atoms with Crippen molar-refractivity contribution in [2.75, 3.05) is 20.3 Å². The standard InChI is InChI=1S/C25H27N3O4/c1-18-13-19(2)15-22(14-18)31-11-4-12-32-23-6-5-20(16-24(23)30-3)17-27-28-25(29)21-7-9-26-10-8-21/h5-10,13-17H,4,11-12H2,1-3H3,(H,28,29)/b27-17-. The molecule has 0 bridgehead atoms. The lowest BCUT2D eigenvalue weighted by Crippen LogP contribution is -2.17. The molecule has 1 aromatic heterocycles. The summed E-state index contributed by atoms with van der Waals surface area (Å²) in [6.07, 6.45) is 5.39. The van der Waals surface area contributed by atoms with E-state index in [1.807, 2.05) is 24.3 Å². The first-order chi connectivity index (χ1) is 15.5. The minimum Gasteiger partial charge on any atom is -0.493 e. The summed E-state index contributed by atoms with van der Waals surface area (Å²) in [6.45, 7) is 5.17. The highest BCUT2D eigenvalue weighted by Crippen LogP contribution is 2.27. The Bertz CT molecular complexity index is 1050. The number of benzene rings is 2. The normalized spacial score (nSPS) is 10.7. The highest BCUT2D eigenvalue weighted by atomic mass is 16.5. The van der Waals surface area contributed by atoms with E-state index in [1.165, 1.54) is 11.1 Å². The number of nitrogens with one attached hydrogen (secondary N) is 1. The van der Waals surface area contributed by atoms with E-state index in [-0.39, 0.29) is 5.91 Å². The maximum absolute atomic E-state index is 12.0. The Morgan fingerprint density at radius 1 is 0.969 bits per heavy atom. The third kappa shape index (κ3) is 6.84. The summed E-state index contributed by atoms with van der Waals surface area (Å²) in [6, 6.07) is 14.9. The summed E-state index contributed by atoms with van der Waals surface area (Å²) in [4.78, 5) is 15.9. The molecule has 7 heteroatoms. The van der Waals surface area contributed by atoms with Crippen molar-refractivity contribution in [2.45, 2.75) is 20.3 Å². The number of hydrogen-bond donors (Lipinski definition) is 1. The van der Waals surface area contributed by atoms with Gasteiger partial charge in [0.1, 0.15) is 5.75 Å². The highest BCUT2D eigenvalue weighted by Gasteiger charge is 2.06. The minimum absolute atomic E-state index is 0.307. The molecule has 0 radical (unpaired) electrons. The molecule has 3 aromatic rings. The van der Waals surface area contributed by atoms with Gasteiger partial charge in [-0.1, -0.05) is 6.07 Å². The maximum Gasteiger partial charge on any atom is 0.271 e. The predicted molar refractivity (Wildman–Crippen MR) is 124 cm³/mol. The van der Waals surface area contributed by atoms with Crippen molar-refractivity contribution in [2.24, 2.45) is 5.10 Å². The van der Waals surface area contributed by atoms with Crippen LogP contribution in [-0.4, -0.2) is 37.4 Å². The molecule has 0 aliphatic heterocycles. The van der Waals surface area contributed by atoms with Crippen LogP contribution in [-0.2, 0) is 0 Å². The van der Waals surface area contributed by atoms with Gasteiger partial charge in [-0.05, 0) is 73.0 Å². The Morgan fingerprint density at radius 3 is 2.41 bits per heavy atom. The van der Waals surface area contributed by atoms with Gasteiger partial charge < -0.3 is 14.2 Å². The molecule has 0 spiro atoms. The molecule has 1 amide bonds. The molecule has 0 unspecified atom stereocenters. The Morgan fingerprint density at radius 2 is 1.69 bits per heavy atom. The molecular formula is C25H27N3O4. The van der Waals surface area contributed by atoms with Crippen LogP contribution in [0.2, 0.25) is 0 Å². The molecule has 0 atom stereocenters. The molecule has 7 nitrogen and oxygen atoms in total. The smallest absolute Gasteiger partial charge is 0.271 e. The van der Waals surface area contributed by atoms with Crippen LogP contribution in [0.5, 0.6) is 17.2 Å². The van der Waals surface area contributed by atoms with Crippen molar-refractivity contribution in [1.29, 1.82) is 0 Å². The Labute approximate surface area is 188 Å². The Kier molecular flexibility index (Phi) is 8.20. The van der Waals surface area contributed by atoms with E-state index in [2.05, 4.69) is 35.4 Å². The molecule has 166 valence electrons. The lowest BCUT2D eigenvalue weighted by molar-refractivity contribution is 0.0955. The number of hydrogen-bond acceptors (Lipinski definition) is 6. The third-order valence-corrected chi connectivity index (χ3v) is 4.52. The monoisotopic (exact) mass is 433 g/mol. The zero-order valence-corrected chi connectivity index (χ0v) is 18.5. The van der Waals surface area contributed by atoms with E-state index in [9.17, 15) is 4.79 Å². The number of ether oxygens (including phenoxy) is 3. The molecular weight excluding hydrogens is 406 g/mol. The number of pyridine rings is 1. The van der Waals surface area contributed by atoms with Gasteiger partial charge in [0.15, 0.2) is 11.5 Å². The quantitative estimate of drug-likeness (QED) is 0.293. The average Bonchev–Trinajstić information content (AvgIpc) is 2.79. The van der Waals surface area contributed by atoms with E-state index < -0.39 is 0 Å². The lowest BCUT2D eigenvalue weighted by atomic mass is 10.1. The van der Waals surface area contributed by atoms with Crippen LogP contribution in [0.1, 0.15) is 33.5 Å². The highest BCUT2D eigenvalue weighted by molar-refractivity contribution is 5.94. The van der Waals surface area contributed by atoms with Gasteiger partial charge in [-0.3, -0.25) is 9.78 Å². The van der Waals surface area contributed by atoms with E-state index in [4.69, 9.17) is 14.2 Å². The van der Waals surface area contributed by atoms with Crippen molar-refractivity contribution in [1.82, 2.24) is 10.4 Å². The number of carbonyl (C=O) groups excluding carboxylic acids is 1. The molecule has 32 heavy (non-hydrogen) atoms. The Balaban J connectivity index is 1.47. The zero-order chi connectivity index (χ0) is 22.8. The molecule has 2 aromatic carbocycles. The molecule has 1 heterocycles. The summed E-state index contributed by atoms with van der Waals surface area (Å²) in [5, 5.41) is 3.99. The molecule has 1 N–H and O–H groups in total. The van der Waals surface area contributed by atoms with Gasteiger partial charge >= 0.3 is 0 Å². The molecule has 0 aliphatic rings. The van der Waals surface area contributed by atoms with Gasteiger partial charge in [0, 0.05) is 24.4 Å². The topological polar surface area (TPSA) is 82.0 Å². The first kappa shape index (κ1) is 22.8. The summed E-state index contributed by atoms with van der Waals surface area (Å²) < 4.78 is 17.1. The molecule has 0 saturated heterocycles. The maximum atomic E-state index is 12.0. The first-order valence-electron chi connectivity index (χ1n) is 10.3. The van der Waals surface area contributed by atoms with Gasteiger partial charge in [0.25, 0.3) is 5.91 Å². The van der Waals surface area contributed by atoms with Crippen LogP contribution < -0.4 is 19.6 Å². The second kappa shape index (κ2) is 11.5. The molecule has 0 fully saturated rings. The van der Waals surface area contributed by atoms with Gasteiger partial charge in [0.2, 0.25) is 0 Å². The third-order valence-electron chi connectivity index (χ3n) is 4.52. The number of aryl methyl sites for hydroxylation is 2. The van der Waals surface area contributed by atoms with Gasteiger partial charge in [-0.2, -0.15) is 5.10 Å². The fraction of sp³-hybridized carbons (Fsp3) is 0.240. The van der Waals surface area contributed by atoms with Crippen LogP contribution >= 0.6 is 0 Å². The number of rotatable bonds is 10. The van der Waals surface area contributed by atoms with E-state index in [0.29, 0.717) is 30.3 Å². The number of carbonyl (C=O) groups is 1. The summed E-state index contributed by atoms with van der Waals surface area (Å²) >= 11 is 0. The van der Waals surface area contributed by atoms with Crippen molar-refractivity contribution < 1.29 is 19.0 Å². The van der Waals surface area contributed by atoms with E-state index >= 15 is 0 Å². The SMILES string of the molecule is COc1cc(/C=N\NC(=O)c2ccncc2)ccc1OCCCOc1cc(C)cc(C)c1. The fourth-order valence-electron chi connectivity index (χ4n) is 3.06. The summed E-state index contributed by atoms with van der Waals surface area (Å²) in [5.74, 6) is 1.79. The van der Waals surface area contributed by atoms with Crippen LogP contribution in [0.3, 0.4) is 0 Å². The second-order valence-corrected chi connectivity index (χ2v) is 7.22. The molecule has 0 aliphatic carbocycles. The van der Waals surface area contributed by atoms with Crippen molar-refractivity contribution in [3.05, 3.63) is 83.2 Å². The van der Waals surface area contributed by atoms with E-state index in [0.717, 1.165) is 17.7 Å². The average molecular weight is 434 g/mol. The van der Waals surface area contributed by atoms with Gasteiger partial charge in [-0.25, -0.2) is 5.43 Å². The number of methoxy groups -OCH3 is 1. The Hall–Kier alpha value is -3.87. The van der Waals surface area contributed by atoms with Gasteiger partial charge in [-0.15, -0.1) is 0 Å². The van der Waals surface area contributed by atoms with Crippen LogP contribution in [0.15, 0.2) is 66.0 Å². The van der Waals surface area contributed by atoms with Crippen molar-refractivity contribution in [3.63, 3.8) is 0 Å². The number of aromatic nitrogens is 1. The summed E-state index contributed by atoms with van der Waals surface area (Å²) in [5.41, 5.74) is 6.10. The number of nitrogens with zero attached hydrogens (tertiary/aromatic N) is 2. The van der Waals surface area contributed by atoms with E-state index in [1.54, 1.807) is 43.9 Å². The van der Waals surface area contributed by atoms with Crippen molar-refractivity contribution in [3.8, 4) is 17.2 Å². The minimum atomic E-state index is -0.307. The van der Waals surface area contributed by atoms with Crippen LogP contribution in [0.4, 0.5) is 0 Å². The number of amides is 1. The summed E-state index contributed by atoms with van der Waals surface area (Å²) in [7, 11) is 1.58. The van der Waals surface area contributed by atoms with Crippen molar-refractivity contribution >= 4 is 12.1 Å². The second-order valence-electron chi connectivity index (χ2n) is 7.22. The molecule has 3 rings (SSSR count). The largest absolute Gasteiger partial charge is 0.493 e. The molecule has 0 saturated carbocycles. The first-order valence-corrected chi connectivity index (χ1v) is 10.3. The zero-order valence-electron chi connectivity index (χ0n) is 18.5. The lowest BCUT2D eigenvalue weighted by Gasteiger charge is -2.12. The van der Waals surface area contributed by atoms with Crippen LogP contribution in [0.25, 0.3) is 0 Å².